The Kier molecular flexibility index (Phi) is 5.06. The molecule has 25 heavy (non-hydrogen) atoms. The SMILES string of the molecule is CCc1nc2ccc(C(=O)N3CCCN(C(=O)C(C)C)CC3)cc2[nH]1. The first-order valence-corrected chi connectivity index (χ1v) is 9.06. The van der Waals surface area contributed by atoms with Gasteiger partial charge in [0.2, 0.25) is 5.91 Å². The number of amides is 2. The summed E-state index contributed by atoms with van der Waals surface area (Å²) in [6.07, 6.45) is 1.65. The number of carbonyl (C=O) groups excluding carboxylic acids is 2. The fraction of sp³-hybridized carbons (Fsp3) is 0.526. The first-order valence-electron chi connectivity index (χ1n) is 9.06. The number of nitrogens with one attached hydrogen (secondary N) is 1. The van der Waals surface area contributed by atoms with E-state index in [9.17, 15) is 9.59 Å². The molecule has 1 N–H and O–H groups in total. The Morgan fingerprint density at radius 3 is 2.60 bits per heavy atom. The number of aromatic amines is 1. The van der Waals surface area contributed by atoms with Crippen molar-refractivity contribution in [2.75, 3.05) is 26.2 Å². The molecule has 1 fully saturated rings. The van der Waals surface area contributed by atoms with E-state index in [4.69, 9.17) is 0 Å². The average Bonchev–Trinajstić information content (AvgIpc) is 2.87. The molecule has 0 spiro atoms. The molecule has 3 rings (SSSR count). The van der Waals surface area contributed by atoms with Crippen molar-refractivity contribution in [3.8, 4) is 0 Å². The summed E-state index contributed by atoms with van der Waals surface area (Å²) in [4.78, 5) is 36.5. The third kappa shape index (κ3) is 3.67. The van der Waals surface area contributed by atoms with Crippen LogP contribution in [0.2, 0.25) is 0 Å². The first kappa shape index (κ1) is 17.5. The highest BCUT2D eigenvalue weighted by atomic mass is 16.2. The number of benzene rings is 1. The van der Waals surface area contributed by atoms with Crippen LogP contribution in [-0.2, 0) is 11.2 Å². The number of aromatic nitrogens is 2. The lowest BCUT2D eigenvalue weighted by atomic mass is 10.1. The van der Waals surface area contributed by atoms with Gasteiger partial charge in [-0.25, -0.2) is 4.98 Å². The second-order valence-corrected chi connectivity index (χ2v) is 6.89. The van der Waals surface area contributed by atoms with Gasteiger partial charge < -0.3 is 14.8 Å². The van der Waals surface area contributed by atoms with Crippen molar-refractivity contribution in [2.24, 2.45) is 5.92 Å². The zero-order valence-corrected chi connectivity index (χ0v) is 15.2. The zero-order valence-electron chi connectivity index (χ0n) is 15.2. The third-order valence-electron chi connectivity index (χ3n) is 4.70. The molecule has 1 aromatic heterocycles. The summed E-state index contributed by atoms with van der Waals surface area (Å²) in [7, 11) is 0. The van der Waals surface area contributed by atoms with Gasteiger partial charge in [-0.3, -0.25) is 9.59 Å². The number of imidazole rings is 1. The molecule has 1 aliphatic heterocycles. The van der Waals surface area contributed by atoms with Gasteiger partial charge in [0.05, 0.1) is 11.0 Å². The van der Waals surface area contributed by atoms with Gasteiger partial charge in [0.15, 0.2) is 0 Å². The van der Waals surface area contributed by atoms with E-state index in [0.29, 0.717) is 25.2 Å². The number of fused-ring (bicyclic) bond motifs is 1. The van der Waals surface area contributed by atoms with E-state index in [2.05, 4.69) is 9.97 Å². The van der Waals surface area contributed by atoms with E-state index < -0.39 is 0 Å². The van der Waals surface area contributed by atoms with E-state index >= 15 is 0 Å². The fourth-order valence-electron chi connectivity index (χ4n) is 3.25. The van der Waals surface area contributed by atoms with Crippen molar-refractivity contribution in [3.63, 3.8) is 0 Å². The monoisotopic (exact) mass is 342 g/mol. The van der Waals surface area contributed by atoms with Crippen molar-refractivity contribution in [1.82, 2.24) is 19.8 Å². The summed E-state index contributed by atoms with van der Waals surface area (Å²) in [5.41, 5.74) is 2.45. The minimum absolute atomic E-state index is 0.00204. The maximum atomic E-state index is 12.9. The van der Waals surface area contributed by atoms with E-state index in [1.54, 1.807) is 0 Å². The molecule has 2 heterocycles. The number of carbonyl (C=O) groups is 2. The maximum Gasteiger partial charge on any atom is 0.253 e. The molecule has 1 aliphatic rings. The molecule has 134 valence electrons. The molecule has 2 aromatic rings. The van der Waals surface area contributed by atoms with Crippen LogP contribution in [0.15, 0.2) is 18.2 Å². The Morgan fingerprint density at radius 2 is 1.88 bits per heavy atom. The van der Waals surface area contributed by atoms with Crippen LogP contribution in [0, 0.1) is 5.92 Å². The van der Waals surface area contributed by atoms with Gasteiger partial charge >= 0.3 is 0 Å². The molecule has 6 heteroatoms. The third-order valence-corrected chi connectivity index (χ3v) is 4.70. The van der Waals surface area contributed by atoms with Crippen molar-refractivity contribution >= 4 is 22.8 Å². The van der Waals surface area contributed by atoms with Crippen molar-refractivity contribution in [3.05, 3.63) is 29.6 Å². The van der Waals surface area contributed by atoms with E-state index in [1.165, 1.54) is 0 Å². The lowest BCUT2D eigenvalue weighted by Gasteiger charge is -2.23. The number of nitrogens with zero attached hydrogens (tertiary/aromatic N) is 3. The summed E-state index contributed by atoms with van der Waals surface area (Å²) >= 11 is 0. The quantitative estimate of drug-likeness (QED) is 0.931. The molecule has 1 aromatic carbocycles. The molecule has 0 aliphatic carbocycles. The minimum Gasteiger partial charge on any atom is -0.342 e. The first-order chi connectivity index (χ1) is 12.0. The number of hydrogen-bond donors (Lipinski definition) is 1. The van der Waals surface area contributed by atoms with Gasteiger partial charge in [0.1, 0.15) is 5.82 Å². The van der Waals surface area contributed by atoms with Crippen LogP contribution in [-0.4, -0.2) is 57.8 Å². The van der Waals surface area contributed by atoms with Gasteiger partial charge in [-0.05, 0) is 24.6 Å². The summed E-state index contributed by atoms with van der Waals surface area (Å²) in [6.45, 7) is 8.47. The summed E-state index contributed by atoms with van der Waals surface area (Å²) in [5, 5.41) is 0. The number of H-pyrrole nitrogens is 1. The highest BCUT2D eigenvalue weighted by Gasteiger charge is 2.24. The normalized spacial score (nSPS) is 15.7. The van der Waals surface area contributed by atoms with Crippen molar-refractivity contribution < 1.29 is 9.59 Å². The van der Waals surface area contributed by atoms with Gasteiger partial charge in [0.25, 0.3) is 5.91 Å². The second kappa shape index (κ2) is 7.25. The summed E-state index contributed by atoms with van der Waals surface area (Å²) < 4.78 is 0. The van der Waals surface area contributed by atoms with Gasteiger partial charge in [-0.1, -0.05) is 20.8 Å². The predicted molar refractivity (Wildman–Crippen MR) is 97.4 cm³/mol. The van der Waals surface area contributed by atoms with Crippen molar-refractivity contribution in [1.29, 1.82) is 0 Å². The number of rotatable bonds is 3. The number of aryl methyl sites for hydroxylation is 1. The lowest BCUT2D eigenvalue weighted by Crippen LogP contribution is -2.38. The average molecular weight is 342 g/mol. The molecule has 2 amide bonds. The zero-order chi connectivity index (χ0) is 18.0. The van der Waals surface area contributed by atoms with Gasteiger partial charge in [-0.2, -0.15) is 0 Å². The molecule has 0 saturated carbocycles. The van der Waals surface area contributed by atoms with E-state index in [0.717, 1.165) is 36.2 Å². The molecule has 0 bridgehead atoms. The topological polar surface area (TPSA) is 69.3 Å². The van der Waals surface area contributed by atoms with Crippen LogP contribution in [0.5, 0.6) is 0 Å². The Hall–Kier alpha value is -2.37. The van der Waals surface area contributed by atoms with Gasteiger partial charge in [0, 0.05) is 44.1 Å². The second-order valence-electron chi connectivity index (χ2n) is 6.89. The Labute approximate surface area is 148 Å². The van der Waals surface area contributed by atoms with Crippen LogP contribution in [0.3, 0.4) is 0 Å². The van der Waals surface area contributed by atoms with E-state index in [1.807, 2.05) is 48.8 Å². The highest BCUT2D eigenvalue weighted by molar-refractivity contribution is 5.97. The highest BCUT2D eigenvalue weighted by Crippen LogP contribution is 2.17. The maximum absolute atomic E-state index is 12.9. The summed E-state index contributed by atoms with van der Waals surface area (Å²) in [6, 6.07) is 5.61. The Morgan fingerprint density at radius 1 is 1.16 bits per heavy atom. The minimum atomic E-state index is -0.00204. The molecular weight excluding hydrogens is 316 g/mol. The fourth-order valence-corrected chi connectivity index (χ4v) is 3.25. The smallest absolute Gasteiger partial charge is 0.253 e. The standard InChI is InChI=1S/C19H26N4O2/c1-4-17-20-15-7-6-14(12-16(15)21-17)19(25)23-9-5-8-22(10-11-23)18(24)13(2)3/h6-7,12-13H,4-5,8-11H2,1-3H3,(H,20,21). The molecule has 1 saturated heterocycles. The van der Waals surface area contributed by atoms with Crippen LogP contribution in [0.1, 0.15) is 43.4 Å². The largest absolute Gasteiger partial charge is 0.342 e. The molecule has 6 nitrogen and oxygen atoms in total. The molecule has 0 radical (unpaired) electrons. The molecule has 0 atom stereocenters. The van der Waals surface area contributed by atoms with Crippen LogP contribution in [0.4, 0.5) is 0 Å². The van der Waals surface area contributed by atoms with Crippen LogP contribution >= 0.6 is 0 Å². The van der Waals surface area contributed by atoms with E-state index in [-0.39, 0.29) is 17.7 Å². The van der Waals surface area contributed by atoms with Crippen LogP contribution in [0.25, 0.3) is 11.0 Å². The number of hydrogen-bond acceptors (Lipinski definition) is 3. The predicted octanol–water partition coefficient (Wildman–Crippen LogP) is 2.46. The van der Waals surface area contributed by atoms with Crippen molar-refractivity contribution in [2.45, 2.75) is 33.6 Å². The molecular formula is C19H26N4O2. The van der Waals surface area contributed by atoms with Gasteiger partial charge in [-0.15, -0.1) is 0 Å². The molecule has 0 unspecified atom stereocenters. The van der Waals surface area contributed by atoms with Crippen LogP contribution < -0.4 is 0 Å². The Balaban J connectivity index is 1.73. The summed E-state index contributed by atoms with van der Waals surface area (Å²) in [5.74, 6) is 1.11. The lowest BCUT2D eigenvalue weighted by molar-refractivity contribution is -0.134. The Bertz CT molecular complexity index is 781.